The van der Waals surface area contributed by atoms with Gasteiger partial charge in [-0.15, -0.1) is 0 Å². The van der Waals surface area contributed by atoms with E-state index in [2.05, 4.69) is 5.32 Å². The molecule has 2 heterocycles. The van der Waals surface area contributed by atoms with Crippen LogP contribution in [0.1, 0.15) is 52.5 Å². The van der Waals surface area contributed by atoms with Crippen LogP contribution in [-0.2, 0) is 6.42 Å². The molecular formula is C24H30N2O4. The van der Waals surface area contributed by atoms with Gasteiger partial charge in [-0.2, -0.15) is 0 Å². The quantitative estimate of drug-likeness (QED) is 0.815. The van der Waals surface area contributed by atoms with Gasteiger partial charge in [0.25, 0.3) is 11.8 Å². The molecule has 4 rings (SSSR count). The molecule has 1 unspecified atom stereocenters. The van der Waals surface area contributed by atoms with Gasteiger partial charge in [0.15, 0.2) is 0 Å². The highest BCUT2D eigenvalue weighted by Gasteiger charge is 2.18. The molecule has 2 N–H and O–H groups in total. The van der Waals surface area contributed by atoms with Crippen molar-refractivity contribution in [3.63, 3.8) is 0 Å². The zero-order chi connectivity index (χ0) is 21.3. The summed E-state index contributed by atoms with van der Waals surface area (Å²) in [4.78, 5) is 27.6. The largest absolute Gasteiger partial charge is 0.494 e. The van der Waals surface area contributed by atoms with E-state index in [9.17, 15) is 14.7 Å². The summed E-state index contributed by atoms with van der Waals surface area (Å²) in [5.74, 6) is 0.426. The van der Waals surface area contributed by atoms with E-state index in [0.717, 1.165) is 30.6 Å². The number of carbonyl (C=O) groups is 2. The molecule has 2 aromatic rings. The van der Waals surface area contributed by atoms with Crippen LogP contribution in [0.15, 0.2) is 48.5 Å². The Morgan fingerprint density at radius 1 is 1.10 bits per heavy atom. The Hall–Kier alpha value is -2.86. The second-order valence-corrected chi connectivity index (χ2v) is 7.63. The average Bonchev–Trinajstić information content (AvgIpc) is 2.77. The fraction of sp³-hybridized carbons (Fsp3) is 0.417. The van der Waals surface area contributed by atoms with Gasteiger partial charge in [0.2, 0.25) is 0 Å². The number of hydrogen-bond acceptors (Lipinski definition) is 4. The summed E-state index contributed by atoms with van der Waals surface area (Å²) >= 11 is 0. The third-order valence-electron chi connectivity index (χ3n) is 5.20. The van der Waals surface area contributed by atoms with E-state index in [1.54, 1.807) is 24.3 Å². The second kappa shape index (κ2) is 10.8. The lowest BCUT2D eigenvalue weighted by Gasteiger charge is -2.23. The van der Waals surface area contributed by atoms with Crippen LogP contribution >= 0.6 is 0 Å². The number of rotatable bonds is 3. The van der Waals surface area contributed by atoms with E-state index in [-0.39, 0.29) is 18.4 Å². The molecule has 0 aromatic heterocycles. The number of aliphatic hydroxyl groups excluding tert-OH is 1. The number of carbonyl (C=O) groups excluding carboxylic acids is 2. The lowest BCUT2D eigenvalue weighted by atomic mass is 10.0. The van der Waals surface area contributed by atoms with Crippen LogP contribution in [0.3, 0.4) is 0 Å². The molecule has 2 amide bonds. The molecule has 160 valence electrons. The van der Waals surface area contributed by atoms with Gasteiger partial charge >= 0.3 is 0 Å². The van der Waals surface area contributed by atoms with E-state index in [1.165, 1.54) is 0 Å². The van der Waals surface area contributed by atoms with Gasteiger partial charge in [0, 0.05) is 24.2 Å². The van der Waals surface area contributed by atoms with Crippen molar-refractivity contribution in [2.45, 2.75) is 38.6 Å². The number of ether oxygens (including phenoxy) is 1. The smallest absolute Gasteiger partial charge is 0.253 e. The molecule has 0 saturated carbocycles. The van der Waals surface area contributed by atoms with Gasteiger partial charge in [-0.05, 0) is 61.6 Å². The molecule has 6 nitrogen and oxygen atoms in total. The van der Waals surface area contributed by atoms with Gasteiger partial charge in [-0.1, -0.05) is 25.1 Å². The lowest BCUT2D eigenvalue weighted by Crippen LogP contribution is -2.39. The van der Waals surface area contributed by atoms with E-state index >= 15 is 0 Å². The zero-order valence-corrected chi connectivity index (χ0v) is 17.5. The van der Waals surface area contributed by atoms with Gasteiger partial charge in [0.05, 0.1) is 19.3 Å². The molecule has 0 saturated heterocycles. The maximum absolute atomic E-state index is 13.0. The fourth-order valence-electron chi connectivity index (χ4n) is 3.59. The van der Waals surface area contributed by atoms with Gasteiger partial charge in [-0.3, -0.25) is 9.59 Å². The first kappa shape index (κ1) is 21.8. The number of hydrogen-bond donors (Lipinski definition) is 2. The summed E-state index contributed by atoms with van der Waals surface area (Å²) in [6.07, 6.45) is 3.07. The number of aliphatic hydroxyl groups is 1. The highest BCUT2D eigenvalue weighted by Crippen LogP contribution is 2.16. The predicted octanol–water partition coefficient (Wildman–Crippen LogP) is 3.04. The lowest BCUT2D eigenvalue weighted by molar-refractivity contribution is 0.0750. The van der Waals surface area contributed by atoms with Crippen molar-refractivity contribution < 1.29 is 19.4 Å². The Bertz CT molecular complexity index is 851. The van der Waals surface area contributed by atoms with Crippen molar-refractivity contribution in [2.24, 2.45) is 0 Å². The topological polar surface area (TPSA) is 78.9 Å². The Morgan fingerprint density at radius 2 is 1.87 bits per heavy atom. The van der Waals surface area contributed by atoms with Crippen LogP contribution in [0.5, 0.6) is 5.75 Å². The maximum Gasteiger partial charge on any atom is 0.253 e. The predicted molar refractivity (Wildman–Crippen MR) is 116 cm³/mol. The number of fused-ring (bicyclic) bond motifs is 11. The molecule has 0 radical (unpaired) electrons. The molecule has 2 aliphatic heterocycles. The SMILES string of the molecule is CCCN1CCCCOc2ccc(cc2)CC(CO)NC(=O)c2cccc(c2)C1=O. The summed E-state index contributed by atoms with van der Waals surface area (Å²) in [5.41, 5.74) is 1.92. The molecule has 1 atom stereocenters. The third-order valence-corrected chi connectivity index (χ3v) is 5.20. The van der Waals surface area contributed by atoms with E-state index in [1.807, 2.05) is 36.1 Å². The van der Waals surface area contributed by atoms with Crippen molar-refractivity contribution in [1.82, 2.24) is 10.2 Å². The minimum absolute atomic E-state index is 0.0675. The highest BCUT2D eigenvalue weighted by molar-refractivity contribution is 5.99. The van der Waals surface area contributed by atoms with E-state index in [4.69, 9.17) is 4.74 Å². The van der Waals surface area contributed by atoms with Crippen molar-refractivity contribution in [3.05, 3.63) is 65.2 Å². The zero-order valence-electron chi connectivity index (χ0n) is 17.5. The number of nitrogens with one attached hydrogen (secondary N) is 1. The van der Waals surface area contributed by atoms with Crippen molar-refractivity contribution in [2.75, 3.05) is 26.3 Å². The van der Waals surface area contributed by atoms with Crippen molar-refractivity contribution >= 4 is 11.8 Å². The van der Waals surface area contributed by atoms with Crippen molar-refractivity contribution in [3.8, 4) is 5.75 Å². The van der Waals surface area contributed by atoms with Crippen LogP contribution in [0.25, 0.3) is 0 Å². The average molecular weight is 411 g/mol. The first-order valence-corrected chi connectivity index (χ1v) is 10.6. The van der Waals surface area contributed by atoms with E-state index < -0.39 is 6.04 Å². The molecule has 2 aliphatic rings. The van der Waals surface area contributed by atoms with E-state index in [0.29, 0.717) is 37.2 Å². The Balaban J connectivity index is 1.86. The Labute approximate surface area is 177 Å². The standard InChI is InChI=1S/C24H30N2O4/c1-2-12-26-13-3-4-14-30-22-10-8-18(9-11-22)15-21(17-27)25-23(28)19-6-5-7-20(16-19)24(26)29/h5-11,16,21,27H,2-4,12-15,17H2,1H3,(H,25,28). The normalized spacial score (nSPS) is 18.3. The molecule has 6 heteroatoms. The first-order chi connectivity index (χ1) is 14.6. The fourth-order valence-corrected chi connectivity index (χ4v) is 3.59. The molecule has 2 aromatic carbocycles. The molecule has 30 heavy (non-hydrogen) atoms. The summed E-state index contributed by atoms with van der Waals surface area (Å²) in [6, 6.07) is 14.1. The number of nitrogens with zero attached hydrogens (tertiary/aromatic N) is 1. The first-order valence-electron chi connectivity index (χ1n) is 10.6. The molecule has 4 bridgehead atoms. The van der Waals surface area contributed by atoms with Gasteiger partial charge in [-0.25, -0.2) is 0 Å². The Kier molecular flexibility index (Phi) is 7.85. The molecular weight excluding hydrogens is 380 g/mol. The van der Waals surface area contributed by atoms with Crippen molar-refractivity contribution in [1.29, 1.82) is 0 Å². The van der Waals surface area contributed by atoms with Crippen LogP contribution < -0.4 is 10.1 Å². The molecule has 0 aliphatic carbocycles. The summed E-state index contributed by atoms with van der Waals surface area (Å²) < 4.78 is 5.81. The third kappa shape index (κ3) is 5.83. The Morgan fingerprint density at radius 3 is 2.60 bits per heavy atom. The summed E-state index contributed by atoms with van der Waals surface area (Å²) in [7, 11) is 0. The highest BCUT2D eigenvalue weighted by atomic mass is 16.5. The molecule has 0 fully saturated rings. The number of benzene rings is 2. The van der Waals surface area contributed by atoms with Gasteiger partial charge < -0.3 is 20.1 Å². The minimum atomic E-state index is -0.418. The summed E-state index contributed by atoms with van der Waals surface area (Å²) in [6.45, 7) is 3.79. The van der Waals surface area contributed by atoms with Crippen LogP contribution in [-0.4, -0.2) is 54.2 Å². The minimum Gasteiger partial charge on any atom is -0.494 e. The van der Waals surface area contributed by atoms with Crippen LogP contribution in [0.4, 0.5) is 0 Å². The maximum atomic E-state index is 13.0. The van der Waals surface area contributed by atoms with Crippen LogP contribution in [0, 0.1) is 0 Å². The molecule has 0 spiro atoms. The van der Waals surface area contributed by atoms with Crippen LogP contribution in [0.2, 0.25) is 0 Å². The van der Waals surface area contributed by atoms with Gasteiger partial charge in [0.1, 0.15) is 5.75 Å². The number of amides is 2. The monoisotopic (exact) mass is 410 g/mol. The second-order valence-electron chi connectivity index (χ2n) is 7.63. The summed E-state index contributed by atoms with van der Waals surface area (Å²) in [5, 5.41) is 12.6.